The van der Waals surface area contributed by atoms with Crippen LogP contribution in [0, 0.1) is 0 Å². The summed E-state index contributed by atoms with van der Waals surface area (Å²) in [6.45, 7) is 0. The molecule has 150 valence electrons. The zero-order valence-corrected chi connectivity index (χ0v) is 16.0. The topological polar surface area (TPSA) is 102 Å². The number of hydrogen-bond donors (Lipinski definition) is 3. The number of para-hydroxylation sites is 1. The molecule has 4 atom stereocenters. The summed E-state index contributed by atoms with van der Waals surface area (Å²) < 4.78 is 5.26. The molecule has 29 heavy (non-hydrogen) atoms. The predicted octanol–water partition coefficient (Wildman–Crippen LogP) is 0.444. The number of nitrogens with zero attached hydrogens (tertiary/aromatic N) is 2. The van der Waals surface area contributed by atoms with Gasteiger partial charge < -0.3 is 25.2 Å². The first kappa shape index (κ1) is 18.0. The number of hydrogen-bond acceptors (Lipinski definition) is 6. The van der Waals surface area contributed by atoms with Crippen molar-refractivity contribution in [2.24, 2.45) is 0 Å². The number of fused-ring (bicyclic) bond motifs is 5. The van der Waals surface area contributed by atoms with Crippen LogP contribution in [-0.4, -0.2) is 64.1 Å². The number of aliphatic hydroxyl groups excluding tert-OH is 1. The number of anilines is 1. The average Bonchev–Trinajstić information content (AvgIpc) is 3.19. The van der Waals surface area contributed by atoms with Crippen LogP contribution in [0.5, 0.6) is 5.75 Å². The van der Waals surface area contributed by atoms with Crippen LogP contribution in [0.25, 0.3) is 0 Å². The summed E-state index contributed by atoms with van der Waals surface area (Å²) in [7, 11) is 2.89. The van der Waals surface area contributed by atoms with Gasteiger partial charge in [-0.3, -0.25) is 14.5 Å². The second-order valence-corrected chi connectivity index (χ2v) is 7.78. The number of carbonyl (C=O) groups is 2. The first-order chi connectivity index (χ1) is 13.8. The van der Waals surface area contributed by atoms with Crippen molar-refractivity contribution >= 4 is 17.5 Å². The predicted molar refractivity (Wildman–Crippen MR) is 103 cm³/mol. The Morgan fingerprint density at radius 1 is 1.14 bits per heavy atom. The fraction of sp³-hybridized carbons (Fsp3) is 0.333. The minimum atomic E-state index is -2.06. The van der Waals surface area contributed by atoms with Gasteiger partial charge in [-0.15, -0.1) is 0 Å². The van der Waals surface area contributed by atoms with Crippen LogP contribution in [0.15, 0.2) is 48.5 Å². The number of piperazine rings is 1. The highest BCUT2D eigenvalue weighted by Gasteiger charge is 2.71. The van der Waals surface area contributed by atoms with Crippen LogP contribution >= 0.6 is 0 Å². The van der Waals surface area contributed by atoms with Crippen molar-refractivity contribution in [2.45, 2.75) is 30.0 Å². The summed E-state index contributed by atoms with van der Waals surface area (Å²) in [4.78, 5) is 28.0. The highest BCUT2D eigenvalue weighted by Crippen LogP contribution is 2.58. The maximum Gasteiger partial charge on any atom is 0.278 e. The highest BCUT2D eigenvalue weighted by atomic mass is 16.5. The lowest BCUT2D eigenvalue weighted by Crippen LogP contribution is -2.70. The Morgan fingerprint density at radius 3 is 2.52 bits per heavy atom. The third-order valence-electron chi connectivity index (χ3n) is 6.44. The minimum Gasteiger partial charge on any atom is -0.497 e. The van der Waals surface area contributed by atoms with Gasteiger partial charge in [0.15, 0.2) is 0 Å². The molecular formula is C21H21N3O5. The van der Waals surface area contributed by atoms with Gasteiger partial charge in [-0.25, -0.2) is 0 Å². The number of methoxy groups -OCH3 is 1. The third-order valence-corrected chi connectivity index (χ3v) is 6.44. The summed E-state index contributed by atoms with van der Waals surface area (Å²) in [5.41, 5.74) is -0.384. The Morgan fingerprint density at radius 2 is 1.83 bits per heavy atom. The van der Waals surface area contributed by atoms with E-state index in [0.717, 1.165) is 26.6 Å². The largest absolute Gasteiger partial charge is 0.497 e. The van der Waals surface area contributed by atoms with Gasteiger partial charge in [-0.05, 0) is 29.3 Å². The fourth-order valence-corrected chi connectivity index (χ4v) is 5.06. The molecule has 2 saturated heterocycles. The van der Waals surface area contributed by atoms with E-state index in [1.807, 2.05) is 48.5 Å². The molecule has 2 amide bonds. The maximum atomic E-state index is 13.0. The van der Waals surface area contributed by atoms with Crippen LogP contribution < -0.4 is 10.1 Å². The average molecular weight is 395 g/mol. The molecule has 2 aromatic rings. The van der Waals surface area contributed by atoms with Crippen LogP contribution in [-0.2, 0) is 15.0 Å². The van der Waals surface area contributed by atoms with Crippen molar-refractivity contribution in [1.82, 2.24) is 9.80 Å². The Labute approximate surface area is 167 Å². The first-order valence-electron chi connectivity index (χ1n) is 9.36. The number of nitrogens with one attached hydrogen (secondary N) is 1. The lowest BCUT2D eigenvalue weighted by atomic mass is 9.72. The smallest absolute Gasteiger partial charge is 0.278 e. The molecule has 8 heteroatoms. The summed E-state index contributed by atoms with van der Waals surface area (Å²) in [5.74, 6) is -0.737. The second-order valence-electron chi connectivity index (χ2n) is 7.78. The number of amides is 2. The molecule has 5 rings (SSSR count). The van der Waals surface area contributed by atoms with Gasteiger partial charge >= 0.3 is 0 Å². The fourth-order valence-electron chi connectivity index (χ4n) is 5.06. The SMILES string of the molecule is COc1ccc([C@]23C[C@@]4(O)C(=O)N(C)[C@H](O)C(=O)N4[C@H]2Nc2ccccc23)cc1. The van der Waals surface area contributed by atoms with Gasteiger partial charge in [0.1, 0.15) is 11.9 Å². The second kappa shape index (κ2) is 5.71. The lowest BCUT2D eigenvalue weighted by molar-refractivity contribution is -0.206. The van der Waals surface area contributed by atoms with Crippen molar-refractivity contribution in [3.8, 4) is 5.75 Å². The Hall–Kier alpha value is -3.10. The molecule has 3 aliphatic rings. The van der Waals surface area contributed by atoms with Crippen LogP contribution in [0.4, 0.5) is 5.69 Å². The van der Waals surface area contributed by atoms with Crippen molar-refractivity contribution in [1.29, 1.82) is 0 Å². The van der Waals surface area contributed by atoms with Gasteiger partial charge in [0, 0.05) is 19.2 Å². The van der Waals surface area contributed by atoms with E-state index >= 15 is 0 Å². The van der Waals surface area contributed by atoms with Crippen molar-refractivity contribution in [3.05, 3.63) is 59.7 Å². The van der Waals surface area contributed by atoms with E-state index in [4.69, 9.17) is 4.74 Å². The Kier molecular flexibility index (Phi) is 3.54. The van der Waals surface area contributed by atoms with Crippen molar-refractivity contribution in [2.75, 3.05) is 19.5 Å². The zero-order valence-electron chi connectivity index (χ0n) is 16.0. The monoisotopic (exact) mass is 395 g/mol. The van der Waals surface area contributed by atoms with Gasteiger partial charge in [0.2, 0.25) is 12.0 Å². The van der Waals surface area contributed by atoms with Crippen LogP contribution in [0.1, 0.15) is 17.5 Å². The summed E-state index contributed by atoms with van der Waals surface area (Å²) >= 11 is 0. The van der Waals surface area contributed by atoms with Crippen molar-refractivity contribution in [3.63, 3.8) is 0 Å². The number of likely N-dealkylation sites (N-methyl/N-ethyl adjacent to an activating group) is 1. The Bertz CT molecular complexity index is 1030. The molecule has 2 aromatic carbocycles. The van der Waals surface area contributed by atoms with E-state index < -0.39 is 35.3 Å². The molecule has 0 spiro atoms. The minimum absolute atomic E-state index is 0.0252. The lowest BCUT2D eigenvalue weighted by Gasteiger charge is -2.44. The molecule has 3 N–H and O–H groups in total. The summed E-state index contributed by atoms with van der Waals surface area (Å²) in [6, 6.07) is 15.0. The van der Waals surface area contributed by atoms with E-state index in [1.165, 1.54) is 7.05 Å². The third kappa shape index (κ3) is 2.05. The Balaban J connectivity index is 1.75. The first-order valence-corrected chi connectivity index (χ1v) is 9.36. The number of aliphatic hydroxyl groups is 2. The molecule has 8 nitrogen and oxygen atoms in total. The van der Waals surface area contributed by atoms with Gasteiger partial charge in [0.25, 0.3) is 11.8 Å². The molecule has 0 aliphatic carbocycles. The number of benzene rings is 2. The van der Waals surface area contributed by atoms with Crippen molar-refractivity contribution < 1.29 is 24.5 Å². The molecule has 0 unspecified atom stereocenters. The van der Waals surface area contributed by atoms with E-state index in [-0.39, 0.29) is 6.42 Å². The molecule has 3 aliphatic heterocycles. The number of carbonyl (C=O) groups excluding carboxylic acids is 2. The van der Waals surface area contributed by atoms with E-state index in [2.05, 4.69) is 5.32 Å². The summed E-state index contributed by atoms with van der Waals surface area (Å²) in [5, 5.41) is 25.0. The molecule has 0 radical (unpaired) electrons. The maximum absolute atomic E-state index is 13.0. The molecule has 2 fully saturated rings. The van der Waals surface area contributed by atoms with Crippen LogP contribution in [0.2, 0.25) is 0 Å². The molecule has 3 heterocycles. The molecular weight excluding hydrogens is 374 g/mol. The van der Waals surface area contributed by atoms with E-state index in [9.17, 15) is 19.8 Å². The van der Waals surface area contributed by atoms with E-state index in [1.54, 1.807) is 7.11 Å². The molecule has 0 saturated carbocycles. The highest BCUT2D eigenvalue weighted by molar-refractivity contribution is 6.00. The molecule has 0 aromatic heterocycles. The summed E-state index contributed by atoms with van der Waals surface area (Å²) in [6.07, 6.45) is -2.39. The normalized spacial score (nSPS) is 32.6. The number of ether oxygens (including phenoxy) is 1. The van der Waals surface area contributed by atoms with Gasteiger partial charge in [-0.2, -0.15) is 0 Å². The standard InChI is InChI=1S/C21H21N3O5/c1-23-16(25)17(26)24-18-20(11-21(24,28)19(23)27,12-7-9-13(29-2)10-8-12)14-5-3-4-6-15(14)22-18/h3-10,16,18,22,25,28H,11H2,1-2H3/t16-,18-,20+,21-/m1/s1. The molecule has 0 bridgehead atoms. The van der Waals surface area contributed by atoms with Gasteiger partial charge in [-0.1, -0.05) is 30.3 Å². The zero-order chi connectivity index (χ0) is 20.6. The van der Waals surface area contributed by atoms with Gasteiger partial charge in [0.05, 0.1) is 12.5 Å². The quantitative estimate of drug-likeness (QED) is 0.682. The van der Waals surface area contributed by atoms with Crippen LogP contribution in [0.3, 0.4) is 0 Å². The van der Waals surface area contributed by atoms with E-state index in [0.29, 0.717) is 5.75 Å². The number of rotatable bonds is 2.